The van der Waals surface area contributed by atoms with Gasteiger partial charge in [0.05, 0.1) is 18.3 Å². The summed E-state index contributed by atoms with van der Waals surface area (Å²) in [6.07, 6.45) is 3.03. The lowest BCUT2D eigenvalue weighted by atomic mass is 10.1. The number of benzene rings is 1. The summed E-state index contributed by atoms with van der Waals surface area (Å²) in [5, 5.41) is 11.8. The standard InChI is InChI=1S/C15H22N4/c1-5-12-8-6-7-9-14(12)16-10-13-11-19(18-17-13)15(2,3)4/h6-9,11,16H,5,10H2,1-4H3. The van der Waals surface area contributed by atoms with Gasteiger partial charge in [0.2, 0.25) is 0 Å². The van der Waals surface area contributed by atoms with E-state index in [1.54, 1.807) is 0 Å². The fourth-order valence-corrected chi connectivity index (χ4v) is 1.89. The molecule has 2 aromatic rings. The maximum absolute atomic E-state index is 4.20. The molecule has 19 heavy (non-hydrogen) atoms. The van der Waals surface area contributed by atoms with E-state index in [9.17, 15) is 0 Å². The largest absolute Gasteiger partial charge is 0.379 e. The first-order valence-corrected chi connectivity index (χ1v) is 6.74. The Hall–Kier alpha value is -1.84. The third-order valence-electron chi connectivity index (χ3n) is 3.09. The SMILES string of the molecule is CCc1ccccc1NCc1cn(C(C)(C)C)nn1. The van der Waals surface area contributed by atoms with Crippen molar-refractivity contribution in [1.82, 2.24) is 15.0 Å². The fourth-order valence-electron chi connectivity index (χ4n) is 1.89. The van der Waals surface area contributed by atoms with E-state index in [2.05, 4.69) is 61.5 Å². The molecule has 1 N–H and O–H groups in total. The lowest BCUT2D eigenvalue weighted by molar-refractivity contribution is 0.347. The summed E-state index contributed by atoms with van der Waals surface area (Å²) in [7, 11) is 0. The zero-order chi connectivity index (χ0) is 13.9. The average Bonchev–Trinajstić information content (AvgIpc) is 2.85. The van der Waals surface area contributed by atoms with Crippen molar-refractivity contribution in [2.45, 2.75) is 46.2 Å². The van der Waals surface area contributed by atoms with Crippen molar-refractivity contribution in [2.24, 2.45) is 0 Å². The number of para-hydroxylation sites is 1. The molecular weight excluding hydrogens is 236 g/mol. The molecule has 0 saturated carbocycles. The van der Waals surface area contributed by atoms with Crippen LogP contribution < -0.4 is 5.32 Å². The van der Waals surface area contributed by atoms with E-state index in [1.807, 2.05) is 16.9 Å². The number of hydrogen-bond acceptors (Lipinski definition) is 3. The molecule has 2 rings (SSSR count). The quantitative estimate of drug-likeness (QED) is 0.915. The van der Waals surface area contributed by atoms with Gasteiger partial charge in [-0.3, -0.25) is 0 Å². The van der Waals surface area contributed by atoms with Crippen LogP contribution in [0, 0.1) is 0 Å². The van der Waals surface area contributed by atoms with Gasteiger partial charge in [-0.25, -0.2) is 4.68 Å². The minimum atomic E-state index is -0.0213. The Morgan fingerprint density at radius 3 is 2.58 bits per heavy atom. The van der Waals surface area contributed by atoms with E-state index >= 15 is 0 Å². The lowest BCUT2D eigenvalue weighted by Crippen LogP contribution is -2.22. The topological polar surface area (TPSA) is 42.7 Å². The Bertz CT molecular complexity index is 537. The van der Waals surface area contributed by atoms with Gasteiger partial charge in [-0.15, -0.1) is 5.10 Å². The monoisotopic (exact) mass is 258 g/mol. The van der Waals surface area contributed by atoms with Crippen molar-refractivity contribution in [3.8, 4) is 0 Å². The second-order valence-electron chi connectivity index (χ2n) is 5.69. The molecule has 4 nitrogen and oxygen atoms in total. The van der Waals surface area contributed by atoms with E-state index in [-0.39, 0.29) is 5.54 Å². The summed E-state index contributed by atoms with van der Waals surface area (Å²) in [5.74, 6) is 0. The summed E-state index contributed by atoms with van der Waals surface area (Å²) in [5.41, 5.74) is 3.44. The van der Waals surface area contributed by atoms with Crippen LogP contribution in [-0.2, 0) is 18.5 Å². The first kappa shape index (κ1) is 13.6. The number of rotatable bonds is 4. The lowest BCUT2D eigenvalue weighted by Gasteiger charge is -2.17. The Morgan fingerprint density at radius 1 is 1.21 bits per heavy atom. The summed E-state index contributed by atoms with van der Waals surface area (Å²) in [4.78, 5) is 0. The second kappa shape index (κ2) is 5.43. The maximum atomic E-state index is 4.20. The van der Waals surface area contributed by atoms with Crippen LogP contribution in [0.15, 0.2) is 30.5 Å². The Morgan fingerprint density at radius 2 is 1.95 bits per heavy atom. The van der Waals surface area contributed by atoms with Crippen molar-refractivity contribution in [2.75, 3.05) is 5.32 Å². The van der Waals surface area contributed by atoms with E-state index in [0.29, 0.717) is 6.54 Å². The molecule has 1 aromatic heterocycles. The van der Waals surface area contributed by atoms with Crippen molar-refractivity contribution < 1.29 is 0 Å². The molecular formula is C15H22N4. The molecule has 0 unspecified atom stereocenters. The van der Waals surface area contributed by atoms with E-state index < -0.39 is 0 Å². The molecule has 0 aliphatic rings. The van der Waals surface area contributed by atoms with Crippen LogP contribution in [0.4, 0.5) is 5.69 Å². The Balaban J connectivity index is 2.05. The smallest absolute Gasteiger partial charge is 0.102 e. The molecule has 1 aromatic carbocycles. The normalized spacial score (nSPS) is 11.6. The van der Waals surface area contributed by atoms with Gasteiger partial charge in [-0.05, 0) is 38.8 Å². The van der Waals surface area contributed by atoms with Crippen LogP contribution in [0.5, 0.6) is 0 Å². The minimum absolute atomic E-state index is 0.0213. The zero-order valence-electron chi connectivity index (χ0n) is 12.1. The highest BCUT2D eigenvalue weighted by atomic mass is 15.4. The summed E-state index contributed by atoms with van der Waals surface area (Å²) < 4.78 is 1.90. The summed E-state index contributed by atoms with van der Waals surface area (Å²) >= 11 is 0. The molecule has 102 valence electrons. The number of nitrogens with one attached hydrogen (secondary N) is 1. The number of aromatic nitrogens is 3. The average molecular weight is 258 g/mol. The molecule has 0 aliphatic heterocycles. The molecule has 0 amide bonds. The highest BCUT2D eigenvalue weighted by molar-refractivity contribution is 5.51. The van der Waals surface area contributed by atoms with Crippen LogP contribution in [0.3, 0.4) is 0 Å². The molecule has 0 spiro atoms. The van der Waals surface area contributed by atoms with Crippen molar-refractivity contribution in [3.05, 3.63) is 41.7 Å². The number of nitrogens with zero attached hydrogens (tertiary/aromatic N) is 3. The summed E-state index contributed by atoms with van der Waals surface area (Å²) in [6.45, 7) is 9.21. The van der Waals surface area contributed by atoms with Gasteiger partial charge in [-0.2, -0.15) is 0 Å². The van der Waals surface area contributed by atoms with Crippen LogP contribution in [0.2, 0.25) is 0 Å². The number of anilines is 1. The van der Waals surface area contributed by atoms with E-state index in [0.717, 1.165) is 12.1 Å². The molecule has 0 fully saturated rings. The van der Waals surface area contributed by atoms with Crippen LogP contribution >= 0.6 is 0 Å². The Kier molecular flexibility index (Phi) is 3.88. The highest BCUT2D eigenvalue weighted by Crippen LogP contribution is 2.17. The third-order valence-corrected chi connectivity index (χ3v) is 3.09. The third kappa shape index (κ3) is 3.34. The number of hydrogen-bond donors (Lipinski definition) is 1. The Labute approximate surface area is 114 Å². The molecule has 1 heterocycles. The van der Waals surface area contributed by atoms with Crippen molar-refractivity contribution >= 4 is 5.69 Å². The second-order valence-corrected chi connectivity index (χ2v) is 5.69. The molecule has 0 radical (unpaired) electrons. The van der Waals surface area contributed by atoms with Gasteiger partial charge in [0, 0.05) is 5.69 Å². The van der Waals surface area contributed by atoms with Crippen molar-refractivity contribution in [3.63, 3.8) is 0 Å². The van der Waals surface area contributed by atoms with Gasteiger partial charge in [0.1, 0.15) is 5.69 Å². The molecule has 0 bridgehead atoms. The van der Waals surface area contributed by atoms with Gasteiger partial charge >= 0.3 is 0 Å². The predicted molar refractivity (Wildman–Crippen MR) is 78.2 cm³/mol. The van der Waals surface area contributed by atoms with Gasteiger partial charge < -0.3 is 5.32 Å². The van der Waals surface area contributed by atoms with Gasteiger partial charge in [-0.1, -0.05) is 30.3 Å². The molecule has 4 heteroatoms. The fraction of sp³-hybridized carbons (Fsp3) is 0.467. The van der Waals surface area contributed by atoms with Crippen LogP contribution in [0.1, 0.15) is 39.0 Å². The minimum Gasteiger partial charge on any atom is -0.379 e. The highest BCUT2D eigenvalue weighted by Gasteiger charge is 2.14. The van der Waals surface area contributed by atoms with Crippen LogP contribution in [0.25, 0.3) is 0 Å². The first-order valence-electron chi connectivity index (χ1n) is 6.74. The maximum Gasteiger partial charge on any atom is 0.102 e. The molecule has 0 atom stereocenters. The summed E-state index contributed by atoms with van der Waals surface area (Å²) in [6, 6.07) is 8.37. The predicted octanol–water partition coefficient (Wildman–Crippen LogP) is 3.21. The molecule has 0 aliphatic carbocycles. The van der Waals surface area contributed by atoms with Crippen molar-refractivity contribution in [1.29, 1.82) is 0 Å². The van der Waals surface area contributed by atoms with Gasteiger partial charge in [0.25, 0.3) is 0 Å². The van der Waals surface area contributed by atoms with Crippen LogP contribution in [-0.4, -0.2) is 15.0 Å². The van der Waals surface area contributed by atoms with E-state index in [1.165, 1.54) is 11.3 Å². The molecule has 0 saturated heterocycles. The van der Waals surface area contributed by atoms with Gasteiger partial charge in [0.15, 0.2) is 0 Å². The zero-order valence-corrected chi connectivity index (χ0v) is 12.1. The first-order chi connectivity index (χ1) is 9.00. The van der Waals surface area contributed by atoms with E-state index in [4.69, 9.17) is 0 Å². The number of aryl methyl sites for hydroxylation is 1.